The molecule has 124 valence electrons. The molecule has 0 unspecified atom stereocenters. The van der Waals surface area contributed by atoms with Gasteiger partial charge in [0.2, 0.25) is 0 Å². The number of methoxy groups -OCH3 is 1. The van der Waals surface area contributed by atoms with Crippen LogP contribution in [0.25, 0.3) is 6.08 Å². The summed E-state index contributed by atoms with van der Waals surface area (Å²) in [4.78, 5) is 14.4. The van der Waals surface area contributed by atoms with Crippen LogP contribution in [0.2, 0.25) is 0 Å². The predicted octanol–water partition coefficient (Wildman–Crippen LogP) is 3.40. The van der Waals surface area contributed by atoms with Crippen LogP contribution in [0.3, 0.4) is 0 Å². The minimum Gasteiger partial charge on any atom is -0.504 e. The topological polar surface area (TPSA) is 59.0 Å². The number of benzene rings is 1. The van der Waals surface area contributed by atoms with Crippen LogP contribution in [-0.4, -0.2) is 47.1 Å². The van der Waals surface area contributed by atoms with Crippen molar-refractivity contribution in [2.45, 2.75) is 6.92 Å². The van der Waals surface area contributed by atoms with E-state index in [1.54, 1.807) is 25.3 Å². The third-order valence-electron chi connectivity index (χ3n) is 3.05. The Kier molecular flexibility index (Phi) is 6.46. The number of aromatic hydroxyl groups is 1. The lowest BCUT2D eigenvalue weighted by Crippen LogP contribution is -2.31. The highest BCUT2D eigenvalue weighted by molar-refractivity contribution is 9.10. The number of halogens is 1. The van der Waals surface area contributed by atoms with Crippen LogP contribution in [0, 0.1) is 0 Å². The molecule has 1 saturated heterocycles. The Hall–Kier alpha value is -1.09. The molecule has 2 rings (SSSR count). The van der Waals surface area contributed by atoms with Gasteiger partial charge in [-0.3, -0.25) is 9.69 Å². The van der Waals surface area contributed by atoms with E-state index in [1.807, 2.05) is 6.92 Å². The lowest BCUT2D eigenvalue weighted by molar-refractivity contribution is -0.122. The summed E-state index contributed by atoms with van der Waals surface area (Å²) < 4.78 is 11.6. The highest BCUT2D eigenvalue weighted by atomic mass is 79.9. The van der Waals surface area contributed by atoms with Crippen molar-refractivity contribution in [2.24, 2.45) is 0 Å². The monoisotopic (exact) mass is 417 g/mol. The van der Waals surface area contributed by atoms with Gasteiger partial charge in [0.15, 0.2) is 11.5 Å². The number of phenolic OH excluding ortho intramolecular Hbond substituents is 1. The fourth-order valence-corrected chi connectivity index (χ4v) is 3.74. The molecule has 23 heavy (non-hydrogen) atoms. The van der Waals surface area contributed by atoms with Gasteiger partial charge in [-0.15, -0.1) is 0 Å². The van der Waals surface area contributed by atoms with Gasteiger partial charge in [-0.2, -0.15) is 0 Å². The molecule has 1 fully saturated rings. The van der Waals surface area contributed by atoms with Crippen molar-refractivity contribution in [2.75, 3.05) is 26.9 Å². The molecule has 0 aromatic heterocycles. The molecule has 1 aromatic rings. The van der Waals surface area contributed by atoms with Gasteiger partial charge in [-0.05, 0) is 25.1 Å². The first-order valence-corrected chi connectivity index (χ1v) is 8.89. The van der Waals surface area contributed by atoms with Gasteiger partial charge in [-0.25, -0.2) is 0 Å². The molecule has 1 aliphatic rings. The molecule has 0 atom stereocenters. The van der Waals surface area contributed by atoms with Crippen molar-refractivity contribution in [1.82, 2.24) is 4.90 Å². The van der Waals surface area contributed by atoms with Crippen LogP contribution in [0.15, 0.2) is 21.5 Å². The number of carbonyl (C=O) groups is 1. The average Bonchev–Trinajstić information content (AvgIpc) is 2.76. The zero-order valence-electron chi connectivity index (χ0n) is 12.7. The van der Waals surface area contributed by atoms with Crippen molar-refractivity contribution in [3.8, 4) is 11.5 Å². The molecule has 1 aromatic carbocycles. The summed E-state index contributed by atoms with van der Waals surface area (Å²) >= 11 is 9.81. The number of thiocarbonyl (C=S) groups is 1. The zero-order chi connectivity index (χ0) is 17.0. The van der Waals surface area contributed by atoms with Gasteiger partial charge in [0.05, 0.1) is 24.7 Å². The number of thioether (sulfide) groups is 1. The van der Waals surface area contributed by atoms with Crippen LogP contribution in [0.4, 0.5) is 0 Å². The molecule has 5 nitrogen and oxygen atoms in total. The van der Waals surface area contributed by atoms with E-state index in [9.17, 15) is 9.90 Å². The Bertz CT molecular complexity index is 663. The second-order valence-corrected chi connectivity index (χ2v) is 7.19. The van der Waals surface area contributed by atoms with Crippen molar-refractivity contribution in [3.05, 3.63) is 27.1 Å². The summed E-state index contributed by atoms with van der Waals surface area (Å²) in [7, 11) is 1.57. The smallest absolute Gasteiger partial charge is 0.266 e. The quantitative estimate of drug-likeness (QED) is 0.565. The molecule has 1 heterocycles. The van der Waals surface area contributed by atoms with E-state index in [4.69, 9.17) is 21.7 Å². The number of nitrogens with zero attached hydrogens (tertiary/aromatic N) is 1. The fraction of sp³-hybridized carbons (Fsp3) is 0.333. The maximum absolute atomic E-state index is 12.4. The van der Waals surface area contributed by atoms with Gasteiger partial charge in [0.25, 0.3) is 5.91 Å². The summed E-state index contributed by atoms with van der Waals surface area (Å²) in [6.45, 7) is 3.09. The molecule has 8 heteroatoms. The lowest BCUT2D eigenvalue weighted by atomic mass is 10.1. The third kappa shape index (κ3) is 4.26. The van der Waals surface area contributed by atoms with Crippen LogP contribution >= 0.6 is 39.9 Å². The number of rotatable bonds is 6. The van der Waals surface area contributed by atoms with Gasteiger partial charge in [0, 0.05) is 17.1 Å². The molecule has 0 radical (unpaired) electrons. The van der Waals surface area contributed by atoms with Crippen LogP contribution in [0.1, 0.15) is 12.5 Å². The van der Waals surface area contributed by atoms with Crippen molar-refractivity contribution >= 4 is 56.2 Å². The summed E-state index contributed by atoms with van der Waals surface area (Å²) in [5.74, 6) is 0.176. The summed E-state index contributed by atoms with van der Waals surface area (Å²) in [5.41, 5.74) is 0.495. The highest BCUT2D eigenvalue weighted by Gasteiger charge is 2.31. The Labute approximate surface area is 152 Å². The van der Waals surface area contributed by atoms with E-state index in [-0.39, 0.29) is 11.7 Å². The average molecular weight is 418 g/mol. The Morgan fingerprint density at radius 3 is 2.87 bits per heavy atom. The van der Waals surface area contributed by atoms with E-state index < -0.39 is 0 Å². The van der Waals surface area contributed by atoms with E-state index in [0.29, 0.717) is 40.3 Å². The second kappa shape index (κ2) is 8.14. The SMILES string of the molecule is CCOc1cc(Br)cc(/C=C2/SC(=S)N(CCOC)C2=O)c1O. The maximum atomic E-state index is 12.4. The first kappa shape index (κ1) is 18.3. The minimum absolute atomic E-state index is 0.00258. The maximum Gasteiger partial charge on any atom is 0.266 e. The Morgan fingerprint density at radius 1 is 1.48 bits per heavy atom. The van der Waals surface area contributed by atoms with Crippen LogP contribution < -0.4 is 4.74 Å². The normalized spacial score (nSPS) is 16.5. The van der Waals surface area contributed by atoms with E-state index in [2.05, 4.69) is 15.9 Å². The van der Waals surface area contributed by atoms with E-state index in [1.165, 1.54) is 16.7 Å². The number of carbonyl (C=O) groups excluding carboxylic acids is 1. The highest BCUT2D eigenvalue weighted by Crippen LogP contribution is 2.38. The lowest BCUT2D eigenvalue weighted by Gasteiger charge is -2.13. The number of phenols is 1. The molecule has 1 amide bonds. The molecule has 1 aliphatic heterocycles. The van der Waals surface area contributed by atoms with E-state index in [0.717, 1.165) is 4.47 Å². The second-order valence-electron chi connectivity index (χ2n) is 4.60. The Morgan fingerprint density at radius 2 is 2.22 bits per heavy atom. The summed E-state index contributed by atoms with van der Waals surface area (Å²) in [6.07, 6.45) is 1.62. The molecule has 1 N–H and O–H groups in total. The standard InChI is InChI=1S/C15H16BrNO4S2/c1-3-21-11-8-10(16)6-9(13(11)18)7-12-14(19)17(4-5-20-2)15(22)23-12/h6-8,18H,3-5H2,1-2H3/b12-7+. The largest absolute Gasteiger partial charge is 0.504 e. The molecular weight excluding hydrogens is 402 g/mol. The molecular formula is C15H16BrNO4S2. The van der Waals surface area contributed by atoms with Crippen molar-refractivity contribution < 1.29 is 19.4 Å². The first-order chi connectivity index (χ1) is 11.0. The van der Waals surface area contributed by atoms with Gasteiger partial charge < -0.3 is 14.6 Å². The number of ether oxygens (including phenoxy) is 2. The molecule has 0 aliphatic carbocycles. The predicted molar refractivity (Wildman–Crippen MR) is 98.7 cm³/mol. The summed E-state index contributed by atoms with van der Waals surface area (Å²) in [6, 6.07) is 3.40. The van der Waals surface area contributed by atoms with Gasteiger partial charge >= 0.3 is 0 Å². The fourth-order valence-electron chi connectivity index (χ4n) is 1.99. The van der Waals surface area contributed by atoms with E-state index >= 15 is 0 Å². The minimum atomic E-state index is -0.186. The summed E-state index contributed by atoms with van der Waals surface area (Å²) in [5, 5.41) is 10.3. The number of amides is 1. The van der Waals surface area contributed by atoms with Crippen LogP contribution in [0.5, 0.6) is 11.5 Å². The molecule has 0 saturated carbocycles. The number of hydrogen-bond donors (Lipinski definition) is 1. The van der Waals surface area contributed by atoms with Gasteiger partial charge in [0.1, 0.15) is 4.32 Å². The van der Waals surface area contributed by atoms with Crippen molar-refractivity contribution in [3.63, 3.8) is 0 Å². The van der Waals surface area contributed by atoms with Crippen molar-refractivity contribution in [1.29, 1.82) is 0 Å². The molecule has 0 bridgehead atoms. The van der Waals surface area contributed by atoms with Gasteiger partial charge in [-0.1, -0.05) is 39.9 Å². The first-order valence-electron chi connectivity index (χ1n) is 6.87. The Balaban J connectivity index is 2.32. The van der Waals surface area contributed by atoms with Crippen LogP contribution in [-0.2, 0) is 9.53 Å². The molecule has 0 spiro atoms. The zero-order valence-corrected chi connectivity index (χ0v) is 15.9. The third-order valence-corrected chi connectivity index (χ3v) is 4.88. The number of hydrogen-bond acceptors (Lipinski definition) is 6.